The van der Waals surface area contributed by atoms with Gasteiger partial charge in [-0.1, -0.05) is 42.8 Å². The quantitative estimate of drug-likeness (QED) is 0.846. The molecule has 2 rings (SSSR count). The molecule has 0 fully saturated rings. The lowest BCUT2D eigenvalue weighted by atomic mass is 9.98. The molecule has 0 amide bonds. The molecule has 0 saturated carbocycles. The van der Waals surface area contributed by atoms with Crippen LogP contribution < -0.4 is 11.1 Å². The van der Waals surface area contributed by atoms with Gasteiger partial charge in [0.1, 0.15) is 5.82 Å². The number of nitrogens with one attached hydrogen (secondary N) is 1. The van der Waals surface area contributed by atoms with Gasteiger partial charge in [0.15, 0.2) is 0 Å². The smallest absolute Gasteiger partial charge is 0.126 e. The summed E-state index contributed by atoms with van der Waals surface area (Å²) in [5.74, 6) is 0.628. The van der Waals surface area contributed by atoms with Gasteiger partial charge in [-0.05, 0) is 43.5 Å². The van der Waals surface area contributed by atoms with Crippen molar-refractivity contribution in [2.75, 3.05) is 12.3 Å². The van der Waals surface area contributed by atoms with Gasteiger partial charge in [-0.15, -0.1) is 0 Å². The van der Waals surface area contributed by atoms with Crippen LogP contribution in [-0.4, -0.2) is 11.5 Å². The molecular weight excluding hydrogens is 246 g/mol. The van der Waals surface area contributed by atoms with E-state index in [-0.39, 0.29) is 6.04 Å². The average Bonchev–Trinajstić information content (AvgIpc) is 2.46. The number of aromatic nitrogens is 1. The van der Waals surface area contributed by atoms with Gasteiger partial charge in [-0.2, -0.15) is 0 Å². The van der Waals surface area contributed by atoms with Crippen LogP contribution in [0.5, 0.6) is 0 Å². The second-order valence-electron chi connectivity index (χ2n) is 5.17. The predicted octanol–water partition coefficient (Wildman–Crippen LogP) is 3.26. The lowest BCUT2D eigenvalue weighted by molar-refractivity contribution is 0.529. The molecule has 0 saturated heterocycles. The zero-order valence-electron chi connectivity index (χ0n) is 12.3. The maximum absolute atomic E-state index is 5.96. The minimum absolute atomic E-state index is 0.280. The number of nitrogens with two attached hydrogens (primary N) is 1. The molecule has 1 aromatic heterocycles. The van der Waals surface area contributed by atoms with Crippen LogP contribution in [0, 0.1) is 6.92 Å². The van der Waals surface area contributed by atoms with Crippen molar-refractivity contribution in [2.24, 2.45) is 0 Å². The Hall–Kier alpha value is -1.87. The van der Waals surface area contributed by atoms with Crippen molar-refractivity contribution in [1.29, 1.82) is 0 Å². The van der Waals surface area contributed by atoms with Crippen LogP contribution in [0.3, 0.4) is 0 Å². The fourth-order valence-electron chi connectivity index (χ4n) is 2.27. The van der Waals surface area contributed by atoms with Gasteiger partial charge in [0, 0.05) is 12.2 Å². The Kier molecular flexibility index (Phi) is 5.13. The van der Waals surface area contributed by atoms with E-state index in [0.717, 1.165) is 24.9 Å². The average molecular weight is 269 g/mol. The van der Waals surface area contributed by atoms with Crippen molar-refractivity contribution in [2.45, 2.75) is 32.7 Å². The Morgan fingerprint density at radius 2 is 1.95 bits per heavy atom. The lowest BCUT2D eigenvalue weighted by Crippen LogP contribution is -2.24. The molecule has 0 aliphatic rings. The van der Waals surface area contributed by atoms with Crippen LogP contribution in [0.1, 0.15) is 36.1 Å². The van der Waals surface area contributed by atoms with Crippen molar-refractivity contribution < 1.29 is 0 Å². The second kappa shape index (κ2) is 7.06. The van der Waals surface area contributed by atoms with Gasteiger partial charge < -0.3 is 11.1 Å². The Morgan fingerprint density at radius 3 is 2.60 bits per heavy atom. The highest BCUT2D eigenvalue weighted by Gasteiger charge is 2.13. The molecular formula is C17H23N3. The van der Waals surface area contributed by atoms with Gasteiger partial charge in [0.2, 0.25) is 0 Å². The molecule has 1 heterocycles. The molecule has 0 aliphatic carbocycles. The summed E-state index contributed by atoms with van der Waals surface area (Å²) in [7, 11) is 0. The Morgan fingerprint density at radius 1 is 1.20 bits per heavy atom. The van der Waals surface area contributed by atoms with E-state index in [1.165, 1.54) is 11.1 Å². The largest absolute Gasteiger partial charge is 0.383 e. The minimum Gasteiger partial charge on any atom is -0.383 e. The first-order chi connectivity index (χ1) is 9.70. The van der Waals surface area contributed by atoms with E-state index < -0.39 is 0 Å². The summed E-state index contributed by atoms with van der Waals surface area (Å²) < 4.78 is 0. The number of hydrogen-bond donors (Lipinski definition) is 2. The fraction of sp³-hybridized carbons (Fsp3) is 0.353. The molecule has 20 heavy (non-hydrogen) atoms. The van der Waals surface area contributed by atoms with Crippen molar-refractivity contribution in [3.8, 4) is 0 Å². The second-order valence-corrected chi connectivity index (χ2v) is 5.17. The minimum atomic E-state index is 0.280. The van der Waals surface area contributed by atoms with Gasteiger partial charge in [0.25, 0.3) is 0 Å². The Bertz CT molecular complexity index is 534. The molecule has 1 aromatic carbocycles. The first-order valence-electron chi connectivity index (χ1n) is 7.20. The highest BCUT2D eigenvalue weighted by atomic mass is 14.9. The van der Waals surface area contributed by atoms with Gasteiger partial charge >= 0.3 is 0 Å². The third kappa shape index (κ3) is 3.81. The van der Waals surface area contributed by atoms with Crippen molar-refractivity contribution in [3.05, 3.63) is 59.3 Å². The van der Waals surface area contributed by atoms with E-state index in [1.54, 1.807) is 6.20 Å². The van der Waals surface area contributed by atoms with E-state index in [1.807, 2.05) is 6.07 Å². The summed E-state index contributed by atoms with van der Waals surface area (Å²) in [6.45, 7) is 5.29. The molecule has 1 atom stereocenters. The van der Waals surface area contributed by atoms with Crippen molar-refractivity contribution in [1.82, 2.24) is 10.3 Å². The number of hydrogen-bond acceptors (Lipinski definition) is 3. The molecule has 0 spiro atoms. The van der Waals surface area contributed by atoms with Gasteiger partial charge in [0.05, 0.1) is 0 Å². The summed E-state index contributed by atoms with van der Waals surface area (Å²) >= 11 is 0. The van der Waals surface area contributed by atoms with Crippen molar-refractivity contribution >= 4 is 5.82 Å². The third-order valence-electron chi connectivity index (χ3n) is 3.47. The zero-order valence-corrected chi connectivity index (χ0v) is 12.3. The van der Waals surface area contributed by atoms with E-state index in [0.29, 0.717) is 5.82 Å². The molecule has 0 bridgehead atoms. The maximum Gasteiger partial charge on any atom is 0.126 e. The topological polar surface area (TPSA) is 50.9 Å². The number of nitrogen functional groups attached to an aromatic ring is 1. The van der Waals surface area contributed by atoms with Crippen LogP contribution in [-0.2, 0) is 6.42 Å². The van der Waals surface area contributed by atoms with E-state index >= 15 is 0 Å². The summed E-state index contributed by atoms with van der Waals surface area (Å²) in [6, 6.07) is 13.0. The maximum atomic E-state index is 5.96. The Labute approximate surface area is 121 Å². The van der Waals surface area contributed by atoms with Crippen LogP contribution in [0.25, 0.3) is 0 Å². The first kappa shape index (κ1) is 14.5. The standard InChI is InChI=1S/C17H23N3/c1-3-10-19-16(14-8-6-13(2)7-9-14)12-15-5-4-11-20-17(15)18/h4-9,11,16,19H,3,10,12H2,1-2H3,(H2,18,20). The first-order valence-corrected chi connectivity index (χ1v) is 7.20. The highest BCUT2D eigenvalue weighted by Crippen LogP contribution is 2.21. The SMILES string of the molecule is CCCNC(Cc1cccnc1N)c1ccc(C)cc1. The van der Waals surface area contributed by atoms with E-state index in [2.05, 4.69) is 54.5 Å². The molecule has 0 aliphatic heterocycles. The number of pyridine rings is 1. The monoisotopic (exact) mass is 269 g/mol. The van der Waals surface area contributed by atoms with Gasteiger partial charge in [-0.25, -0.2) is 4.98 Å². The predicted molar refractivity (Wildman–Crippen MR) is 84.6 cm³/mol. The highest BCUT2D eigenvalue weighted by molar-refractivity contribution is 5.40. The Balaban J connectivity index is 2.19. The van der Waals surface area contributed by atoms with Crippen LogP contribution in [0.2, 0.25) is 0 Å². The van der Waals surface area contributed by atoms with Crippen molar-refractivity contribution in [3.63, 3.8) is 0 Å². The molecule has 3 nitrogen and oxygen atoms in total. The summed E-state index contributed by atoms with van der Waals surface area (Å²) in [5, 5.41) is 3.60. The van der Waals surface area contributed by atoms with E-state index in [4.69, 9.17) is 5.73 Å². The summed E-state index contributed by atoms with van der Waals surface area (Å²) in [4.78, 5) is 4.17. The number of aryl methyl sites for hydroxylation is 1. The third-order valence-corrected chi connectivity index (χ3v) is 3.47. The lowest BCUT2D eigenvalue weighted by Gasteiger charge is -2.20. The fourth-order valence-corrected chi connectivity index (χ4v) is 2.27. The number of benzene rings is 1. The molecule has 2 aromatic rings. The van der Waals surface area contributed by atoms with E-state index in [9.17, 15) is 0 Å². The summed E-state index contributed by atoms with van der Waals surface area (Å²) in [5.41, 5.74) is 9.64. The van der Waals surface area contributed by atoms with Crippen LogP contribution in [0.4, 0.5) is 5.82 Å². The van der Waals surface area contributed by atoms with Crippen LogP contribution >= 0.6 is 0 Å². The normalized spacial score (nSPS) is 12.3. The molecule has 1 unspecified atom stereocenters. The molecule has 3 heteroatoms. The number of anilines is 1. The zero-order chi connectivity index (χ0) is 14.4. The summed E-state index contributed by atoms with van der Waals surface area (Å²) in [6.07, 6.45) is 3.72. The molecule has 3 N–H and O–H groups in total. The van der Waals surface area contributed by atoms with Gasteiger partial charge in [-0.3, -0.25) is 0 Å². The molecule has 106 valence electrons. The van der Waals surface area contributed by atoms with Crippen LogP contribution in [0.15, 0.2) is 42.6 Å². The number of nitrogens with zero attached hydrogens (tertiary/aromatic N) is 1. The number of rotatable bonds is 6. The molecule has 0 radical (unpaired) electrons.